The number of carbonyl (C=O) groups excluding carboxylic acids is 1. The van der Waals surface area contributed by atoms with Gasteiger partial charge in [0.2, 0.25) is 0 Å². The Bertz CT molecular complexity index is 465. The fourth-order valence-electron chi connectivity index (χ4n) is 1.70. The summed E-state index contributed by atoms with van der Waals surface area (Å²) in [7, 11) is 1.55. The van der Waals surface area contributed by atoms with Crippen LogP contribution in [0.3, 0.4) is 0 Å². The molecule has 5 nitrogen and oxygen atoms in total. The van der Waals surface area contributed by atoms with Gasteiger partial charge in [-0.2, -0.15) is 0 Å². The minimum Gasteiger partial charge on any atom is -0.480 e. The predicted molar refractivity (Wildman–Crippen MR) is 68.1 cm³/mol. The molecule has 0 saturated carbocycles. The van der Waals surface area contributed by atoms with E-state index in [-0.39, 0.29) is 18.9 Å². The maximum Gasteiger partial charge on any atom is 0.323 e. The monoisotopic (exact) mass is 268 g/mol. The number of hydrogen-bond donors (Lipinski definition) is 1. The molecule has 1 aromatic carbocycles. The second-order valence-electron chi connectivity index (χ2n) is 4.18. The van der Waals surface area contributed by atoms with Crippen molar-refractivity contribution in [1.82, 2.24) is 9.80 Å². The summed E-state index contributed by atoms with van der Waals surface area (Å²) in [6, 6.07) is 5.55. The second-order valence-corrected chi connectivity index (χ2v) is 4.18. The molecule has 0 spiro atoms. The van der Waals surface area contributed by atoms with Gasteiger partial charge in [0.05, 0.1) is 0 Å². The summed E-state index contributed by atoms with van der Waals surface area (Å²) in [5.74, 6) is -1.43. The number of hydrogen-bond acceptors (Lipinski definition) is 2. The molecule has 19 heavy (non-hydrogen) atoms. The normalized spacial score (nSPS) is 10.1. The summed E-state index contributed by atoms with van der Waals surface area (Å²) in [5.41, 5.74) is 0.655. The van der Waals surface area contributed by atoms with E-state index < -0.39 is 12.0 Å². The third-order valence-corrected chi connectivity index (χ3v) is 2.61. The molecule has 0 saturated heterocycles. The van der Waals surface area contributed by atoms with Crippen molar-refractivity contribution in [2.45, 2.75) is 13.5 Å². The van der Waals surface area contributed by atoms with Crippen molar-refractivity contribution in [2.24, 2.45) is 0 Å². The lowest BCUT2D eigenvalue weighted by atomic mass is 10.2. The molecule has 0 aliphatic rings. The number of halogens is 1. The molecule has 0 radical (unpaired) electrons. The lowest BCUT2D eigenvalue weighted by Crippen LogP contribution is -2.43. The average Bonchev–Trinajstić information content (AvgIpc) is 2.34. The van der Waals surface area contributed by atoms with Crippen LogP contribution < -0.4 is 0 Å². The Kier molecular flexibility index (Phi) is 5.29. The summed E-state index contributed by atoms with van der Waals surface area (Å²) in [6.07, 6.45) is 0. The molecule has 0 heterocycles. The maximum atomic E-state index is 13.0. The summed E-state index contributed by atoms with van der Waals surface area (Å²) >= 11 is 0. The number of carbonyl (C=O) groups is 2. The number of rotatable bonds is 5. The van der Waals surface area contributed by atoms with E-state index in [1.165, 1.54) is 21.9 Å². The van der Waals surface area contributed by atoms with E-state index in [2.05, 4.69) is 0 Å². The van der Waals surface area contributed by atoms with Gasteiger partial charge in [0, 0.05) is 20.1 Å². The number of nitrogens with zero attached hydrogens (tertiary/aromatic N) is 2. The van der Waals surface area contributed by atoms with Crippen LogP contribution in [-0.4, -0.2) is 47.0 Å². The number of benzene rings is 1. The Labute approximate surface area is 111 Å². The second kappa shape index (κ2) is 6.72. The maximum absolute atomic E-state index is 13.0. The third-order valence-electron chi connectivity index (χ3n) is 2.61. The quantitative estimate of drug-likeness (QED) is 0.885. The first-order valence-electron chi connectivity index (χ1n) is 5.90. The van der Waals surface area contributed by atoms with Gasteiger partial charge in [0.25, 0.3) is 0 Å². The fraction of sp³-hybridized carbons (Fsp3) is 0.385. The molecule has 0 aliphatic carbocycles. The van der Waals surface area contributed by atoms with Crippen LogP contribution in [0.2, 0.25) is 0 Å². The third kappa shape index (κ3) is 4.57. The van der Waals surface area contributed by atoms with Crippen LogP contribution in [0.1, 0.15) is 12.5 Å². The molecule has 104 valence electrons. The molecular weight excluding hydrogens is 251 g/mol. The van der Waals surface area contributed by atoms with Crippen molar-refractivity contribution in [3.8, 4) is 0 Å². The molecule has 6 heteroatoms. The fourth-order valence-corrected chi connectivity index (χ4v) is 1.70. The zero-order chi connectivity index (χ0) is 14.4. The van der Waals surface area contributed by atoms with Crippen LogP contribution >= 0.6 is 0 Å². The van der Waals surface area contributed by atoms with E-state index in [9.17, 15) is 14.0 Å². The van der Waals surface area contributed by atoms with Gasteiger partial charge < -0.3 is 14.9 Å². The Hall–Kier alpha value is -2.11. The summed E-state index contributed by atoms with van der Waals surface area (Å²) < 4.78 is 13.0. The number of likely N-dealkylation sites (N-methyl/N-ethyl adjacent to an activating group) is 1. The van der Waals surface area contributed by atoms with Gasteiger partial charge in [-0.1, -0.05) is 12.1 Å². The average molecular weight is 268 g/mol. The van der Waals surface area contributed by atoms with Crippen molar-refractivity contribution in [3.63, 3.8) is 0 Å². The first-order chi connectivity index (χ1) is 8.93. The van der Waals surface area contributed by atoms with Crippen LogP contribution in [0.15, 0.2) is 24.3 Å². The zero-order valence-electron chi connectivity index (χ0n) is 11.0. The standard InChI is InChI=1S/C13H17FN2O3/c1-3-16(9-12(17)18)13(19)15(2)8-10-5-4-6-11(14)7-10/h4-7H,3,8-9H2,1-2H3,(H,17,18). The molecule has 2 amide bonds. The van der Waals surface area contributed by atoms with E-state index in [1.54, 1.807) is 26.1 Å². The van der Waals surface area contributed by atoms with Crippen LogP contribution in [0.4, 0.5) is 9.18 Å². The minimum absolute atomic E-state index is 0.229. The van der Waals surface area contributed by atoms with E-state index in [0.29, 0.717) is 12.1 Å². The molecule has 0 aromatic heterocycles. The zero-order valence-corrected chi connectivity index (χ0v) is 11.0. The predicted octanol–water partition coefficient (Wildman–Crippen LogP) is 1.78. The molecule has 0 unspecified atom stereocenters. The Balaban J connectivity index is 2.68. The molecule has 0 atom stereocenters. The van der Waals surface area contributed by atoms with Gasteiger partial charge in [-0.15, -0.1) is 0 Å². The van der Waals surface area contributed by atoms with Crippen LogP contribution in [-0.2, 0) is 11.3 Å². The largest absolute Gasteiger partial charge is 0.480 e. The minimum atomic E-state index is -1.06. The number of aliphatic carboxylic acids is 1. The van der Waals surface area contributed by atoms with Crippen LogP contribution in [0.5, 0.6) is 0 Å². The van der Waals surface area contributed by atoms with Crippen molar-refractivity contribution < 1.29 is 19.1 Å². The smallest absolute Gasteiger partial charge is 0.323 e. The molecule has 0 aliphatic heterocycles. The van der Waals surface area contributed by atoms with Gasteiger partial charge in [0.1, 0.15) is 12.4 Å². The highest BCUT2D eigenvalue weighted by atomic mass is 19.1. The number of urea groups is 1. The Morgan fingerprint density at radius 3 is 2.58 bits per heavy atom. The van der Waals surface area contributed by atoms with Gasteiger partial charge in [-0.3, -0.25) is 4.79 Å². The van der Waals surface area contributed by atoms with Crippen LogP contribution in [0, 0.1) is 5.82 Å². The molecule has 0 fully saturated rings. The van der Waals surface area contributed by atoms with Crippen molar-refractivity contribution in [3.05, 3.63) is 35.6 Å². The lowest BCUT2D eigenvalue weighted by Gasteiger charge is -2.26. The van der Waals surface area contributed by atoms with Crippen molar-refractivity contribution in [1.29, 1.82) is 0 Å². The molecular formula is C13H17FN2O3. The number of amides is 2. The highest BCUT2D eigenvalue weighted by Gasteiger charge is 2.18. The highest BCUT2D eigenvalue weighted by molar-refractivity contribution is 5.80. The van der Waals surface area contributed by atoms with E-state index in [4.69, 9.17) is 5.11 Å². The SMILES string of the molecule is CCN(CC(=O)O)C(=O)N(C)Cc1cccc(F)c1. The molecule has 1 rings (SSSR count). The topological polar surface area (TPSA) is 60.9 Å². The molecule has 1 N–H and O–H groups in total. The molecule has 1 aromatic rings. The summed E-state index contributed by atoms with van der Waals surface area (Å²) in [4.78, 5) is 25.2. The highest BCUT2D eigenvalue weighted by Crippen LogP contribution is 2.08. The van der Waals surface area contributed by atoms with Gasteiger partial charge in [0.15, 0.2) is 0 Å². The lowest BCUT2D eigenvalue weighted by molar-refractivity contribution is -0.137. The van der Waals surface area contributed by atoms with E-state index >= 15 is 0 Å². The Morgan fingerprint density at radius 1 is 1.37 bits per heavy atom. The van der Waals surface area contributed by atoms with Crippen LogP contribution in [0.25, 0.3) is 0 Å². The molecule has 0 bridgehead atoms. The first-order valence-corrected chi connectivity index (χ1v) is 5.90. The number of carboxylic acid groups (broad SMARTS) is 1. The summed E-state index contributed by atoms with van der Waals surface area (Å²) in [6.45, 7) is 1.89. The number of carboxylic acids is 1. The first kappa shape index (κ1) is 14.9. The summed E-state index contributed by atoms with van der Waals surface area (Å²) in [5, 5.41) is 8.71. The van der Waals surface area contributed by atoms with Gasteiger partial charge in [-0.25, -0.2) is 9.18 Å². The van der Waals surface area contributed by atoms with Crippen molar-refractivity contribution in [2.75, 3.05) is 20.1 Å². The van der Waals surface area contributed by atoms with Gasteiger partial charge in [-0.05, 0) is 24.6 Å². The van der Waals surface area contributed by atoms with Crippen molar-refractivity contribution >= 4 is 12.0 Å². The Morgan fingerprint density at radius 2 is 2.05 bits per heavy atom. The van der Waals surface area contributed by atoms with Gasteiger partial charge >= 0.3 is 12.0 Å². The van der Waals surface area contributed by atoms with E-state index in [1.807, 2.05) is 0 Å². The van der Waals surface area contributed by atoms with E-state index in [0.717, 1.165) is 0 Å².